The van der Waals surface area contributed by atoms with Crippen molar-refractivity contribution in [3.63, 3.8) is 0 Å². The van der Waals surface area contributed by atoms with E-state index in [0.717, 1.165) is 12.1 Å². The molecule has 3 N–H and O–H groups in total. The summed E-state index contributed by atoms with van der Waals surface area (Å²) in [5.41, 5.74) is 1.55. The Balaban J connectivity index is 3.50. The summed E-state index contributed by atoms with van der Waals surface area (Å²) in [6, 6.07) is 4.82. The van der Waals surface area contributed by atoms with E-state index in [2.05, 4.69) is 9.73 Å². The van der Waals surface area contributed by atoms with Crippen LogP contribution in [0.5, 0.6) is 0 Å². The van der Waals surface area contributed by atoms with Crippen molar-refractivity contribution in [2.24, 2.45) is 10.7 Å². The summed E-state index contributed by atoms with van der Waals surface area (Å²) < 4.78 is 44.1. The summed E-state index contributed by atoms with van der Waals surface area (Å²) in [4.78, 5) is 25.9. The lowest BCUT2D eigenvalue weighted by Crippen LogP contribution is -2.30. The molecule has 0 bridgehead atoms. The van der Waals surface area contributed by atoms with Gasteiger partial charge >= 0.3 is 18.1 Å². The van der Waals surface area contributed by atoms with E-state index in [1.54, 1.807) is 0 Å². The summed E-state index contributed by atoms with van der Waals surface area (Å²) in [6.45, 7) is 1.25. The summed E-state index contributed by atoms with van der Waals surface area (Å²) in [5.74, 6) is -2.76. The number of esters is 1. The number of carbonyl (C=O) groups excluding carboxylic acids is 1. The molecule has 0 heterocycles. The maximum Gasteiger partial charge on any atom is 0.434 e. The van der Waals surface area contributed by atoms with Gasteiger partial charge in [-0.15, -0.1) is 0 Å². The molecular formula is C14H13F3N2O4. The molecule has 0 saturated heterocycles. The number of hydrogen-bond acceptors (Lipinski definition) is 5. The van der Waals surface area contributed by atoms with Gasteiger partial charge in [0, 0.05) is 6.20 Å². The van der Waals surface area contributed by atoms with Crippen LogP contribution in [-0.4, -0.2) is 35.5 Å². The molecule has 0 radical (unpaired) electrons. The number of ether oxygens (including phenoxy) is 1. The Kier molecular flexibility index (Phi) is 5.88. The van der Waals surface area contributed by atoms with Gasteiger partial charge in [0.1, 0.15) is 5.57 Å². The van der Waals surface area contributed by atoms with Crippen molar-refractivity contribution < 1.29 is 32.6 Å². The fourth-order valence-electron chi connectivity index (χ4n) is 1.60. The molecule has 0 aliphatic rings. The van der Waals surface area contributed by atoms with E-state index in [-0.39, 0.29) is 6.61 Å². The van der Waals surface area contributed by atoms with Gasteiger partial charge in [-0.3, -0.25) is 0 Å². The minimum atomic E-state index is -5.04. The van der Waals surface area contributed by atoms with Crippen LogP contribution < -0.4 is 5.73 Å². The molecule has 0 amide bonds. The summed E-state index contributed by atoms with van der Waals surface area (Å²) in [7, 11) is 0. The molecule has 124 valence electrons. The number of nitrogens with two attached hydrogens (primary N) is 1. The van der Waals surface area contributed by atoms with Gasteiger partial charge in [0.25, 0.3) is 0 Å². The number of halogens is 3. The van der Waals surface area contributed by atoms with Crippen LogP contribution in [0.15, 0.2) is 41.0 Å². The Labute approximate surface area is 129 Å². The first kappa shape index (κ1) is 18.2. The Hall–Kier alpha value is -2.84. The summed E-state index contributed by atoms with van der Waals surface area (Å²) in [6.07, 6.45) is -4.61. The predicted molar refractivity (Wildman–Crippen MR) is 75.5 cm³/mol. The minimum absolute atomic E-state index is 0.160. The zero-order chi connectivity index (χ0) is 17.6. The Morgan fingerprint density at radius 3 is 2.43 bits per heavy atom. The molecular weight excluding hydrogens is 317 g/mol. The van der Waals surface area contributed by atoms with Gasteiger partial charge in [-0.2, -0.15) is 13.2 Å². The smallest absolute Gasteiger partial charge is 0.434 e. The van der Waals surface area contributed by atoms with E-state index >= 15 is 0 Å². The van der Waals surface area contributed by atoms with E-state index in [1.165, 1.54) is 19.1 Å². The maximum absolute atomic E-state index is 13.2. The number of para-hydroxylation sites is 1. The topological polar surface area (TPSA) is 102 Å². The largest absolute Gasteiger partial charge is 0.478 e. The van der Waals surface area contributed by atoms with Gasteiger partial charge in [0.05, 0.1) is 17.9 Å². The van der Waals surface area contributed by atoms with Gasteiger partial charge in [-0.25, -0.2) is 14.6 Å². The van der Waals surface area contributed by atoms with Crippen molar-refractivity contribution in [2.75, 3.05) is 6.61 Å². The lowest BCUT2D eigenvalue weighted by Gasteiger charge is -2.13. The Morgan fingerprint density at radius 1 is 1.35 bits per heavy atom. The van der Waals surface area contributed by atoms with Crippen LogP contribution in [0, 0.1) is 0 Å². The van der Waals surface area contributed by atoms with E-state index in [9.17, 15) is 22.8 Å². The van der Waals surface area contributed by atoms with Crippen molar-refractivity contribution in [1.82, 2.24) is 0 Å². The molecule has 1 rings (SSSR count). The standard InChI is InChI=1S/C14H13F3N2O4/c1-2-23-13(22)9(7-18)11(14(15,16)17)19-10-6-4-3-5-8(10)12(20)21/h3-7H,2,18H2,1H3,(H,20,21). The maximum atomic E-state index is 13.2. The average molecular weight is 330 g/mol. The molecule has 0 fully saturated rings. The fraction of sp³-hybridized carbons (Fsp3) is 0.214. The van der Waals surface area contributed by atoms with Crippen molar-refractivity contribution in [3.8, 4) is 0 Å². The molecule has 0 spiro atoms. The van der Waals surface area contributed by atoms with Gasteiger partial charge in [-0.05, 0) is 19.1 Å². The van der Waals surface area contributed by atoms with Crippen molar-refractivity contribution in [2.45, 2.75) is 13.1 Å². The highest BCUT2D eigenvalue weighted by molar-refractivity contribution is 6.22. The molecule has 0 atom stereocenters. The van der Waals surface area contributed by atoms with Crippen LogP contribution in [0.3, 0.4) is 0 Å². The number of benzene rings is 1. The summed E-state index contributed by atoms with van der Waals surface area (Å²) in [5, 5.41) is 8.99. The first-order chi connectivity index (χ1) is 10.7. The molecule has 0 saturated carbocycles. The van der Waals surface area contributed by atoms with E-state index in [1.807, 2.05) is 0 Å². The fourth-order valence-corrected chi connectivity index (χ4v) is 1.60. The molecule has 1 aromatic carbocycles. The third-order valence-corrected chi connectivity index (χ3v) is 2.55. The zero-order valence-corrected chi connectivity index (χ0v) is 11.9. The quantitative estimate of drug-likeness (QED) is 0.490. The number of aliphatic imine (C=N–C) groups is 1. The first-order valence-electron chi connectivity index (χ1n) is 6.30. The molecule has 0 unspecified atom stereocenters. The van der Waals surface area contributed by atoms with Crippen LogP contribution >= 0.6 is 0 Å². The second-order valence-corrected chi connectivity index (χ2v) is 4.08. The normalized spacial score (nSPS) is 12.9. The van der Waals surface area contributed by atoms with Crippen LogP contribution in [0.4, 0.5) is 18.9 Å². The number of hydrogen-bond donors (Lipinski definition) is 2. The summed E-state index contributed by atoms with van der Waals surface area (Å²) >= 11 is 0. The van der Waals surface area contributed by atoms with Crippen LogP contribution in [0.1, 0.15) is 17.3 Å². The minimum Gasteiger partial charge on any atom is -0.478 e. The monoisotopic (exact) mass is 330 g/mol. The van der Waals surface area contributed by atoms with E-state index in [0.29, 0.717) is 6.20 Å². The molecule has 9 heteroatoms. The molecule has 23 heavy (non-hydrogen) atoms. The van der Waals surface area contributed by atoms with Gasteiger partial charge < -0.3 is 15.6 Å². The van der Waals surface area contributed by atoms with Crippen LogP contribution in [-0.2, 0) is 9.53 Å². The second-order valence-electron chi connectivity index (χ2n) is 4.08. The number of nitrogens with zero attached hydrogens (tertiary/aromatic N) is 1. The SMILES string of the molecule is CCOC(=O)C(=CN)C(=Nc1ccccc1C(=O)O)C(F)(F)F. The van der Waals surface area contributed by atoms with Crippen LogP contribution in [0.2, 0.25) is 0 Å². The highest BCUT2D eigenvalue weighted by atomic mass is 19.4. The van der Waals surface area contributed by atoms with Gasteiger partial charge in [-0.1, -0.05) is 12.1 Å². The van der Waals surface area contributed by atoms with E-state index < -0.39 is 40.7 Å². The number of carboxylic acids is 1. The van der Waals surface area contributed by atoms with Gasteiger partial charge in [0.2, 0.25) is 0 Å². The van der Waals surface area contributed by atoms with Crippen LogP contribution in [0.25, 0.3) is 0 Å². The van der Waals surface area contributed by atoms with E-state index in [4.69, 9.17) is 10.8 Å². The lowest BCUT2D eigenvalue weighted by atomic mass is 10.1. The average Bonchev–Trinajstić information content (AvgIpc) is 2.46. The molecule has 0 aliphatic heterocycles. The Morgan fingerprint density at radius 2 is 1.96 bits per heavy atom. The molecule has 6 nitrogen and oxygen atoms in total. The third kappa shape index (κ3) is 4.56. The third-order valence-electron chi connectivity index (χ3n) is 2.55. The number of rotatable bonds is 5. The van der Waals surface area contributed by atoms with Crippen molar-refractivity contribution in [1.29, 1.82) is 0 Å². The first-order valence-corrected chi connectivity index (χ1v) is 6.30. The van der Waals surface area contributed by atoms with Crippen molar-refractivity contribution >= 4 is 23.3 Å². The Bertz CT molecular complexity index is 666. The second kappa shape index (κ2) is 7.43. The van der Waals surface area contributed by atoms with Gasteiger partial charge in [0.15, 0.2) is 5.71 Å². The predicted octanol–water partition coefficient (Wildman–Crippen LogP) is 2.43. The number of alkyl halides is 3. The lowest BCUT2D eigenvalue weighted by molar-refractivity contribution is -0.138. The molecule has 1 aromatic rings. The molecule has 0 aromatic heterocycles. The van der Waals surface area contributed by atoms with Crippen molar-refractivity contribution in [3.05, 3.63) is 41.6 Å². The number of carboxylic acid groups (broad SMARTS) is 1. The highest BCUT2D eigenvalue weighted by Crippen LogP contribution is 2.28. The number of carbonyl (C=O) groups is 2. The molecule has 0 aliphatic carbocycles. The zero-order valence-electron chi connectivity index (χ0n) is 11.9. The number of aromatic carboxylic acids is 1. The highest BCUT2D eigenvalue weighted by Gasteiger charge is 2.41.